The normalized spacial score (nSPS) is 11.8. The zero-order valence-electron chi connectivity index (χ0n) is 11.0. The fourth-order valence-corrected chi connectivity index (χ4v) is 1.65. The molecule has 0 amide bonds. The molecule has 0 spiro atoms. The zero-order valence-corrected chi connectivity index (χ0v) is 11.8. The smallest absolute Gasteiger partial charge is 0.249 e. The van der Waals surface area contributed by atoms with Crippen LogP contribution in [-0.4, -0.2) is 15.7 Å². The maximum absolute atomic E-state index is 13.3. The molecule has 0 radical (unpaired) electrons. The van der Waals surface area contributed by atoms with Crippen molar-refractivity contribution < 1.29 is 8.81 Å². The first-order valence-electron chi connectivity index (χ1n) is 5.88. The number of hydrogen-bond donors (Lipinski definition) is 1. The summed E-state index contributed by atoms with van der Waals surface area (Å²) in [7, 11) is 0. The quantitative estimate of drug-likeness (QED) is 0.938. The van der Waals surface area contributed by atoms with Gasteiger partial charge in [0.1, 0.15) is 5.82 Å². The Bertz CT molecular complexity index is 578. The summed E-state index contributed by atoms with van der Waals surface area (Å²) in [5.74, 6) is 0.146. The van der Waals surface area contributed by atoms with Crippen molar-refractivity contribution in [2.75, 3.05) is 0 Å². The molecule has 0 saturated heterocycles. The lowest BCUT2D eigenvalue weighted by Gasteiger charge is -2.18. The molecule has 0 bridgehead atoms. The van der Waals surface area contributed by atoms with Gasteiger partial charge in [0.2, 0.25) is 11.8 Å². The van der Waals surface area contributed by atoms with E-state index in [9.17, 15) is 4.39 Å². The highest BCUT2D eigenvalue weighted by Gasteiger charge is 2.16. The lowest BCUT2D eigenvalue weighted by atomic mass is 10.1. The first kappa shape index (κ1) is 14.0. The Morgan fingerprint density at radius 1 is 1.32 bits per heavy atom. The average Bonchev–Trinajstić information content (AvgIpc) is 2.78. The molecule has 4 nitrogen and oxygen atoms in total. The second-order valence-corrected chi connectivity index (χ2v) is 5.58. The summed E-state index contributed by atoms with van der Waals surface area (Å²) in [6, 6.07) is 4.47. The van der Waals surface area contributed by atoms with Gasteiger partial charge < -0.3 is 9.73 Å². The van der Waals surface area contributed by atoms with E-state index in [0.29, 0.717) is 18.0 Å². The maximum atomic E-state index is 13.3. The van der Waals surface area contributed by atoms with Crippen LogP contribution < -0.4 is 5.32 Å². The highest BCUT2D eigenvalue weighted by Crippen LogP contribution is 2.28. The topological polar surface area (TPSA) is 51.0 Å². The van der Waals surface area contributed by atoms with Gasteiger partial charge in [-0.3, -0.25) is 0 Å². The lowest BCUT2D eigenvalue weighted by molar-refractivity contribution is 0.383. The summed E-state index contributed by atoms with van der Waals surface area (Å²) in [6.45, 7) is 6.55. The summed E-state index contributed by atoms with van der Waals surface area (Å²) in [6.07, 6.45) is 0. The molecule has 1 heterocycles. The third-order valence-electron chi connectivity index (χ3n) is 2.42. The van der Waals surface area contributed by atoms with Crippen molar-refractivity contribution in [2.24, 2.45) is 0 Å². The minimum atomic E-state index is -0.508. The van der Waals surface area contributed by atoms with E-state index in [2.05, 4.69) is 15.5 Å². The van der Waals surface area contributed by atoms with E-state index < -0.39 is 5.82 Å². The van der Waals surface area contributed by atoms with E-state index in [0.717, 1.165) is 0 Å². The highest BCUT2D eigenvalue weighted by atomic mass is 35.5. The summed E-state index contributed by atoms with van der Waals surface area (Å²) in [4.78, 5) is 0. The van der Waals surface area contributed by atoms with E-state index in [4.69, 9.17) is 16.0 Å². The number of rotatable bonds is 3. The predicted molar refractivity (Wildman–Crippen MR) is 71.3 cm³/mol. The van der Waals surface area contributed by atoms with Crippen molar-refractivity contribution in [3.63, 3.8) is 0 Å². The van der Waals surface area contributed by atoms with Crippen LogP contribution in [0.5, 0.6) is 0 Å². The fourth-order valence-electron chi connectivity index (χ4n) is 1.44. The van der Waals surface area contributed by atoms with Crippen molar-refractivity contribution in [1.82, 2.24) is 15.5 Å². The lowest BCUT2D eigenvalue weighted by Crippen LogP contribution is -2.35. The number of aromatic nitrogens is 2. The van der Waals surface area contributed by atoms with Gasteiger partial charge in [-0.15, -0.1) is 10.2 Å². The Hall–Kier alpha value is -1.46. The molecule has 19 heavy (non-hydrogen) atoms. The predicted octanol–water partition coefficient (Wildman–Crippen LogP) is 3.42. The van der Waals surface area contributed by atoms with Crippen LogP contribution in [0.15, 0.2) is 22.6 Å². The highest BCUT2D eigenvalue weighted by molar-refractivity contribution is 6.33. The first-order chi connectivity index (χ1) is 8.87. The minimum absolute atomic E-state index is 0.0125. The van der Waals surface area contributed by atoms with Crippen molar-refractivity contribution in [2.45, 2.75) is 32.9 Å². The monoisotopic (exact) mass is 283 g/mol. The van der Waals surface area contributed by atoms with E-state index >= 15 is 0 Å². The van der Waals surface area contributed by atoms with Gasteiger partial charge >= 0.3 is 0 Å². The van der Waals surface area contributed by atoms with E-state index in [1.807, 2.05) is 20.8 Å². The summed E-state index contributed by atoms with van der Waals surface area (Å²) >= 11 is 5.87. The standard InChI is InChI=1S/C13H15ClFN3O/c1-13(2,3)16-7-10-17-18-12(19-10)8-5-4-6-9(15)11(8)14/h4-6,16H,7H2,1-3H3. The van der Waals surface area contributed by atoms with Crippen molar-refractivity contribution in [1.29, 1.82) is 0 Å². The van der Waals surface area contributed by atoms with Crippen LogP contribution in [0.2, 0.25) is 5.02 Å². The molecule has 0 atom stereocenters. The van der Waals surface area contributed by atoms with Gasteiger partial charge in [-0.1, -0.05) is 17.7 Å². The second kappa shape index (κ2) is 5.27. The van der Waals surface area contributed by atoms with Crippen LogP contribution in [0.3, 0.4) is 0 Å². The molecule has 0 fully saturated rings. The van der Waals surface area contributed by atoms with Gasteiger partial charge in [-0.25, -0.2) is 4.39 Å². The molecule has 1 N–H and O–H groups in total. The van der Waals surface area contributed by atoms with Crippen LogP contribution in [-0.2, 0) is 6.54 Å². The fraction of sp³-hybridized carbons (Fsp3) is 0.385. The van der Waals surface area contributed by atoms with Gasteiger partial charge in [0, 0.05) is 5.54 Å². The van der Waals surface area contributed by atoms with Gasteiger partial charge in [0.05, 0.1) is 17.1 Å². The van der Waals surface area contributed by atoms with Crippen molar-refractivity contribution in [3.05, 3.63) is 34.9 Å². The Morgan fingerprint density at radius 2 is 2.05 bits per heavy atom. The second-order valence-electron chi connectivity index (χ2n) is 5.21. The van der Waals surface area contributed by atoms with E-state index in [1.54, 1.807) is 12.1 Å². The summed E-state index contributed by atoms with van der Waals surface area (Å²) in [5, 5.41) is 11.0. The van der Waals surface area contributed by atoms with Crippen LogP contribution in [0, 0.1) is 5.82 Å². The molecule has 2 rings (SSSR count). The largest absolute Gasteiger partial charge is 0.419 e. The number of benzene rings is 1. The summed E-state index contributed by atoms with van der Waals surface area (Å²) in [5.41, 5.74) is 0.349. The van der Waals surface area contributed by atoms with Crippen LogP contribution in [0.25, 0.3) is 11.5 Å². The maximum Gasteiger partial charge on any atom is 0.249 e. The van der Waals surface area contributed by atoms with Gasteiger partial charge in [-0.05, 0) is 32.9 Å². The first-order valence-corrected chi connectivity index (χ1v) is 6.26. The van der Waals surface area contributed by atoms with Crippen LogP contribution in [0.4, 0.5) is 4.39 Å². The molecule has 0 aliphatic heterocycles. The molecule has 1 aromatic heterocycles. The number of nitrogens with one attached hydrogen (secondary N) is 1. The molecule has 2 aromatic rings. The molecular formula is C13H15ClFN3O. The number of nitrogens with zero attached hydrogens (tertiary/aromatic N) is 2. The molecule has 0 unspecified atom stereocenters. The van der Waals surface area contributed by atoms with Gasteiger partial charge in [0.15, 0.2) is 0 Å². The molecule has 0 aliphatic rings. The van der Waals surface area contributed by atoms with Crippen LogP contribution in [0.1, 0.15) is 26.7 Å². The Kier molecular flexibility index (Phi) is 3.87. The molecular weight excluding hydrogens is 269 g/mol. The van der Waals surface area contributed by atoms with Crippen molar-refractivity contribution in [3.8, 4) is 11.5 Å². The molecule has 0 aliphatic carbocycles. The van der Waals surface area contributed by atoms with Gasteiger partial charge in [0.25, 0.3) is 0 Å². The SMILES string of the molecule is CC(C)(C)NCc1nnc(-c2cccc(F)c2Cl)o1. The Labute approximate surface area is 116 Å². The van der Waals surface area contributed by atoms with Crippen LogP contribution >= 0.6 is 11.6 Å². The minimum Gasteiger partial charge on any atom is -0.419 e. The average molecular weight is 284 g/mol. The molecule has 0 saturated carbocycles. The summed E-state index contributed by atoms with van der Waals surface area (Å²) < 4.78 is 18.8. The van der Waals surface area contributed by atoms with Gasteiger partial charge in [-0.2, -0.15) is 0 Å². The number of halogens is 2. The zero-order chi connectivity index (χ0) is 14.0. The van der Waals surface area contributed by atoms with Crippen molar-refractivity contribution >= 4 is 11.6 Å². The third-order valence-corrected chi connectivity index (χ3v) is 2.80. The van der Waals surface area contributed by atoms with E-state index in [-0.39, 0.29) is 16.5 Å². The molecule has 6 heteroatoms. The third kappa shape index (κ3) is 3.52. The Balaban J connectivity index is 2.19. The molecule has 102 valence electrons. The number of hydrogen-bond acceptors (Lipinski definition) is 4. The van der Waals surface area contributed by atoms with E-state index in [1.165, 1.54) is 6.07 Å². The Morgan fingerprint density at radius 3 is 2.74 bits per heavy atom. The molecule has 1 aromatic carbocycles.